The molecule has 1 aromatic rings. The molecule has 0 saturated heterocycles. The Balaban J connectivity index is 2.11. The van der Waals surface area contributed by atoms with Gasteiger partial charge in [0.2, 0.25) is 0 Å². The molecule has 1 fully saturated rings. The molecule has 1 nitrogen and oxygen atoms in total. The first-order chi connectivity index (χ1) is 6.41. The van der Waals surface area contributed by atoms with Crippen LogP contribution in [0.1, 0.15) is 30.4 Å². The molecule has 1 heteroatoms. The Hall–Kier alpha value is -0.820. The lowest BCUT2D eigenvalue weighted by molar-refractivity contribution is -0.683. The number of benzene rings is 1. The van der Waals surface area contributed by atoms with Crippen molar-refractivity contribution in [2.45, 2.75) is 31.2 Å². The van der Waals surface area contributed by atoms with Crippen LogP contribution < -0.4 is 5.32 Å². The average molecular weight is 174 g/mol. The number of hydrogen-bond acceptors (Lipinski definition) is 0. The van der Waals surface area contributed by atoms with Crippen LogP contribution in [0.2, 0.25) is 0 Å². The minimum atomic E-state index is 0.578. The lowest BCUT2D eigenvalue weighted by Crippen LogP contribution is -2.88. The van der Waals surface area contributed by atoms with Crippen molar-refractivity contribution in [3.8, 4) is 0 Å². The van der Waals surface area contributed by atoms with Crippen LogP contribution in [-0.4, -0.2) is 6.54 Å². The Labute approximate surface area is 79.2 Å². The normalized spacial score (nSPS) is 23.7. The van der Waals surface area contributed by atoms with Crippen LogP contribution in [0.4, 0.5) is 0 Å². The third kappa shape index (κ3) is 0.969. The van der Waals surface area contributed by atoms with Gasteiger partial charge in [0.05, 0.1) is 6.54 Å². The summed E-state index contributed by atoms with van der Waals surface area (Å²) in [5, 5.41) is 2.47. The van der Waals surface area contributed by atoms with Crippen molar-refractivity contribution >= 4 is 0 Å². The van der Waals surface area contributed by atoms with Crippen LogP contribution in [0, 0.1) is 0 Å². The van der Waals surface area contributed by atoms with Crippen LogP contribution in [0.15, 0.2) is 24.3 Å². The molecular formula is C12H16N+. The summed E-state index contributed by atoms with van der Waals surface area (Å²) in [5.74, 6) is 0. The predicted octanol–water partition coefficient (Wildman–Crippen LogP) is 1.19. The summed E-state index contributed by atoms with van der Waals surface area (Å²) >= 11 is 0. The van der Waals surface area contributed by atoms with E-state index in [1.807, 2.05) is 0 Å². The van der Waals surface area contributed by atoms with E-state index in [1.165, 1.54) is 32.4 Å². The van der Waals surface area contributed by atoms with E-state index in [-0.39, 0.29) is 0 Å². The van der Waals surface area contributed by atoms with E-state index in [1.54, 1.807) is 11.1 Å². The second-order valence-corrected chi connectivity index (χ2v) is 4.49. The maximum atomic E-state index is 2.47. The van der Waals surface area contributed by atoms with E-state index in [0.717, 1.165) is 0 Å². The molecule has 1 heterocycles. The molecule has 1 spiro atoms. The highest BCUT2D eigenvalue weighted by molar-refractivity contribution is 5.36. The van der Waals surface area contributed by atoms with Crippen molar-refractivity contribution < 1.29 is 5.32 Å². The molecule has 0 aromatic heterocycles. The molecule has 0 amide bonds. The van der Waals surface area contributed by atoms with Gasteiger partial charge in [-0.2, -0.15) is 0 Å². The lowest BCUT2D eigenvalue weighted by Gasteiger charge is -2.44. The van der Waals surface area contributed by atoms with E-state index < -0.39 is 0 Å². The fourth-order valence-electron chi connectivity index (χ4n) is 2.91. The zero-order chi connectivity index (χ0) is 8.73. The average Bonchev–Trinajstić information content (AvgIpc) is 2.14. The first kappa shape index (κ1) is 7.57. The molecule has 68 valence electrons. The van der Waals surface area contributed by atoms with E-state index >= 15 is 0 Å². The third-order valence-corrected chi connectivity index (χ3v) is 3.80. The van der Waals surface area contributed by atoms with Crippen molar-refractivity contribution in [3.05, 3.63) is 35.4 Å². The van der Waals surface area contributed by atoms with Gasteiger partial charge >= 0.3 is 0 Å². The van der Waals surface area contributed by atoms with Crippen molar-refractivity contribution in [3.63, 3.8) is 0 Å². The number of nitrogens with two attached hydrogens (primary N) is 1. The van der Waals surface area contributed by atoms with Crippen molar-refractivity contribution in [2.24, 2.45) is 0 Å². The quantitative estimate of drug-likeness (QED) is 0.608. The highest BCUT2D eigenvalue weighted by atomic mass is 14.9. The van der Waals surface area contributed by atoms with Gasteiger partial charge in [0, 0.05) is 11.0 Å². The van der Waals surface area contributed by atoms with E-state index in [0.29, 0.717) is 5.41 Å². The van der Waals surface area contributed by atoms with E-state index in [2.05, 4.69) is 29.6 Å². The Morgan fingerprint density at radius 3 is 2.77 bits per heavy atom. The predicted molar refractivity (Wildman–Crippen MR) is 52.5 cm³/mol. The van der Waals surface area contributed by atoms with Crippen LogP contribution in [-0.2, 0) is 12.0 Å². The molecule has 1 saturated carbocycles. The van der Waals surface area contributed by atoms with Gasteiger partial charge in [-0.1, -0.05) is 30.7 Å². The molecule has 2 N–H and O–H groups in total. The maximum Gasteiger partial charge on any atom is 0.102 e. The van der Waals surface area contributed by atoms with Gasteiger partial charge in [-0.3, -0.25) is 0 Å². The number of fused-ring (bicyclic) bond motifs is 2. The summed E-state index contributed by atoms with van der Waals surface area (Å²) in [7, 11) is 0. The molecular weight excluding hydrogens is 158 g/mol. The molecule has 0 bridgehead atoms. The molecule has 13 heavy (non-hydrogen) atoms. The molecule has 2 aliphatic rings. The largest absolute Gasteiger partial charge is 0.342 e. The first-order valence-corrected chi connectivity index (χ1v) is 5.31. The number of quaternary nitrogens is 1. The van der Waals surface area contributed by atoms with Gasteiger partial charge in [0.25, 0.3) is 0 Å². The highest BCUT2D eigenvalue weighted by Crippen LogP contribution is 2.44. The molecule has 3 rings (SSSR count). The van der Waals surface area contributed by atoms with Gasteiger partial charge < -0.3 is 5.32 Å². The van der Waals surface area contributed by atoms with Gasteiger partial charge in [0.15, 0.2) is 0 Å². The molecule has 1 aliphatic heterocycles. The first-order valence-electron chi connectivity index (χ1n) is 5.31. The van der Waals surface area contributed by atoms with Crippen LogP contribution in [0.5, 0.6) is 0 Å². The maximum absolute atomic E-state index is 2.47. The van der Waals surface area contributed by atoms with Crippen LogP contribution in [0.25, 0.3) is 0 Å². The fraction of sp³-hybridized carbons (Fsp3) is 0.500. The van der Waals surface area contributed by atoms with E-state index in [9.17, 15) is 0 Å². The Morgan fingerprint density at radius 1 is 1.15 bits per heavy atom. The van der Waals surface area contributed by atoms with Gasteiger partial charge in [0.1, 0.15) is 6.54 Å². The summed E-state index contributed by atoms with van der Waals surface area (Å²) < 4.78 is 0. The molecule has 0 radical (unpaired) electrons. The van der Waals surface area contributed by atoms with Crippen molar-refractivity contribution in [1.82, 2.24) is 0 Å². The second kappa shape index (κ2) is 2.58. The minimum absolute atomic E-state index is 0.578. The standard InChI is InChI=1S/C12H15N/c1-2-5-11-10(4-1)8-13-9-12(11)6-3-7-12/h1-2,4-5,13H,3,6-9H2/p+1. The second-order valence-electron chi connectivity index (χ2n) is 4.49. The lowest BCUT2D eigenvalue weighted by atomic mass is 9.62. The minimum Gasteiger partial charge on any atom is -0.342 e. The number of hydrogen-bond donors (Lipinski definition) is 1. The topological polar surface area (TPSA) is 16.6 Å². The zero-order valence-corrected chi connectivity index (χ0v) is 7.92. The summed E-state index contributed by atoms with van der Waals surface area (Å²) in [6, 6.07) is 9.02. The van der Waals surface area contributed by atoms with Crippen LogP contribution in [0.3, 0.4) is 0 Å². The monoisotopic (exact) mass is 174 g/mol. The van der Waals surface area contributed by atoms with Gasteiger partial charge in [-0.15, -0.1) is 0 Å². The van der Waals surface area contributed by atoms with Gasteiger partial charge in [-0.05, 0) is 18.4 Å². The summed E-state index contributed by atoms with van der Waals surface area (Å²) in [6.45, 7) is 2.52. The molecule has 0 unspecified atom stereocenters. The van der Waals surface area contributed by atoms with E-state index in [4.69, 9.17) is 0 Å². The Morgan fingerprint density at radius 2 is 2.00 bits per heavy atom. The summed E-state index contributed by atoms with van der Waals surface area (Å²) in [5.41, 5.74) is 3.81. The molecule has 1 aliphatic carbocycles. The highest BCUT2D eigenvalue weighted by Gasteiger charge is 2.43. The smallest absolute Gasteiger partial charge is 0.102 e. The van der Waals surface area contributed by atoms with Gasteiger partial charge in [-0.25, -0.2) is 0 Å². The van der Waals surface area contributed by atoms with Crippen molar-refractivity contribution in [1.29, 1.82) is 0 Å². The Bertz CT molecular complexity index is 326. The fourth-order valence-corrected chi connectivity index (χ4v) is 2.91. The SMILES string of the molecule is c1ccc2c(c1)C[NH2+]CC21CCC1. The zero-order valence-electron chi connectivity index (χ0n) is 7.92. The number of rotatable bonds is 0. The molecule has 0 atom stereocenters. The summed E-state index contributed by atoms with van der Waals surface area (Å²) in [4.78, 5) is 0. The third-order valence-electron chi connectivity index (χ3n) is 3.80. The molecule has 1 aromatic carbocycles. The van der Waals surface area contributed by atoms with Crippen molar-refractivity contribution in [2.75, 3.05) is 6.54 Å². The summed E-state index contributed by atoms with van der Waals surface area (Å²) in [6.07, 6.45) is 4.27. The Kier molecular flexibility index (Phi) is 1.50. The van der Waals surface area contributed by atoms with Crippen LogP contribution >= 0.6 is 0 Å².